The summed E-state index contributed by atoms with van der Waals surface area (Å²) in [4.78, 5) is 38.0. The SMILES string of the molecule is CN(C)c1ccc(/C=N\NC(=O)Cn2c3ccccc3c(=O)c3ccccc32)cc1[N+](=O)[O-]. The number of carbonyl (C=O) groups excluding carboxylic acids is 1. The number of nitro groups is 1. The molecule has 0 unspecified atom stereocenters. The van der Waals surface area contributed by atoms with E-state index in [0.29, 0.717) is 33.1 Å². The van der Waals surface area contributed by atoms with E-state index in [9.17, 15) is 19.7 Å². The van der Waals surface area contributed by atoms with E-state index in [1.54, 1.807) is 72.1 Å². The molecule has 0 bridgehead atoms. The van der Waals surface area contributed by atoms with Crippen LogP contribution >= 0.6 is 0 Å². The number of pyridine rings is 1. The number of fused-ring (bicyclic) bond motifs is 2. The van der Waals surface area contributed by atoms with Gasteiger partial charge in [-0.2, -0.15) is 5.10 Å². The lowest BCUT2D eigenvalue weighted by atomic mass is 10.1. The standard InChI is InChI=1S/C24H21N5O4/c1-27(2)21-12-11-16(13-22(21)29(32)33)14-25-26-23(30)15-28-19-9-5-3-7-17(19)24(31)18-8-4-6-10-20(18)28/h3-14H,15H2,1-2H3,(H,26,30)/b25-14-. The zero-order chi connectivity index (χ0) is 23.5. The average Bonchev–Trinajstić information content (AvgIpc) is 2.81. The van der Waals surface area contributed by atoms with Gasteiger partial charge in [0.25, 0.3) is 11.6 Å². The Bertz CT molecular complexity index is 1410. The molecule has 0 saturated carbocycles. The van der Waals surface area contributed by atoms with Gasteiger partial charge in [-0.25, -0.2) is 5.43 Å². The van der Waals surface area contributed by atoms with E-state index in [2.05, 4.69) is 10.5 Å². The van der Waals surface area contributed by atoms with Gasteiger partial charge in [-0.05, 0) is 30.3 Å². The molecule has 0 atom stereocenters. The topological polar surface area (TPSA) is 110 Å². The first-order chi connectivity index (χ1) is 15.9. The third-order valence-corrected chi connectivity index (χ3v) is 5.26. The Morgan fingerprint density at radius 2 is 1.67 bits per heavy atom. The summed E-state index contributed by atoms with van der Waals surface area (Å²) in [5, 5.41) is 16.4. The van der Waals surface area contributed by atoms with E-state index in [0.717, 1.165) is 0 Å². The van der Waals surface area contributed by atoms with Gasteiger partial charge in [0.2, 0.25) is 0 Å². The van der Waals surface area contributed by atoms with Crippen molar-refractivity contribution in [1.29, 1.82) is 0 Å². The van der Waals surface area contributed by atoms with Crippen molar-refractivity contribution < 1.29 is 9.72 Å². The number of hydrazone groups is 1. The van der Waals surface area contributed by atoms with E-state index in [1.165, 1.54) is 12.3 Å². The molecule has 33 heavy (non-hydrogen) atoms. The predicted molar refractivity (Wildman–Crippen MR) is 129 cm³/mol. The molecule has 0 radical (unpaired) electrons. The highest BCUT2D eigenvalue weighted by Gasteiger charge is 2.16. The van der Waals surface area contributed by atoms with Crippen LogP contribution in [0.2, 0.25) is 0 Å². The van der Waals surface area contributed by atoms with Crippen molar-refractivity contribution in [2.75, 3.05) is 19.0 Å². The van der Waals surface area contributed by atoms with E-state index < -0.39 is 10.8 Å². The third-order valence-electron chi connectivity index (χ3n) is 5.26. The number of para-hydroxylation sites is 2. The molecular formula is C24H21N5O4. The van der Waals surface area contributed by atoms with Gasteiger partial charge in [-0.15, -0.1) is 0 Å². The molecule has 1 amide bonds. The quantitative estimate of drug-likeness (QED) is 0.213. The molecule has 9 nitrogen and oxygen atoms in total. The Morgan fingerprint density at radius 1 is 1.06 bits per heavy atom. The molecule has 0 aliphatic heterocycles. The predicted octanol–water partition coefficient (Wildman–Crippen LogP) is 3.28. The molecule has 0 spiro atoms. The molecule has 1 heterocycles. The van der Waals surface area contributed by atoms with Crippen molar-refractivity contribution in [2.24, 2.45) is 5.10 Å². The fourth-order valence-corrected chi connectivity index (χ4v) is 3.75. The molecule has 4 rings (SSSR count). The first kappa shape index (κ1) is 21.7. The van der Waals surface area contributed by atoms with Crippen molar-refractivity contribution >= 4 is 45.3 Å². The second-order valence-electron chi connectivity index (χ2n) is 7.64. The average molecular weight is 443 g/mol. The number of aromatic nitrogens is 1. The van der Waals surface area contributed by atoms with Crippen molar-refractivity contribution in [1.82, 2.24) is 9.99 Å². The fraction of sp³-hybridized carbons (Fsp3) is 0.125. The highest BCUT2D eigenvalue weighted by Crippen LogP contribution is 2.27. The number of hydrogen-bond acceptors (Lipinski definition) is 6. The molecular weight excluding hydrogens is 422 g/mol. The summed E-state index contributed by atoms with van der Waals surface area (Å²) in [7, 11) is 3.45. The van der Waals surface area contributed by atoms with Crippen molar-refractivity contribution in [2.45, 2.75) is 6.54 Å². The minimum Gasteiger partial charge on any atom is -0.372 e. The number of anilines is 1. The molecule has 0 fully saturated rings. The zero-order valence-electron chi connectivity index (χ0n) is 18.1. The second kappa shape index (κ2) is 8.91. The van der Waals surface area contributed by atoms with Crippen LogP contribution in [0.4, 0.5) is 11.4 Å². The molecule has 0 aliphatic rings. The van der Waals surface area contributed by atoms with Crippen LogP contribution in [0.5, 0.6) is 0 Å². The molecule has 1 N–H and O–H groups in total. The van der Waals surface area contributed by atoms with Crippen molar-refractivity contribution in [3.8, 4) is 0 Å². The summed E-state index contributed by atoms with van der Waals surface area (Å²) in [6.07, 6.45) is 1.35. The minimum atomic E-state index is -0.461. The lowest BCUT2D eigenvalue weighted by molar-refractivity contribution is -0.384. The lowest BCUT2D eigenvalue weighted by Crippen LogP contribution is -2.25. The smallest absolute Gasteiger partial charge is 0.293 e. The molecule has 9 heteroatoms. The van der Waals surface area contributed by atoms with E-state index >= 15 is 0 Å². The number of nitrogens with one attached hydrogen (secondary N) is 1. The van der Waals surface area contributed by atoms with Crippen LogP contribution in [-0.2, 0) is 11.3 Å². The van der Waals surface area contributed by atoms with E-state index in [1.807, 2.05) is 12.1 Å². The number of benzene rings is 3. The minimum absolute atomic E-state index is 0.0542. The third kappa shape index (κ3) is 4.29. The summed E-state index contributed by atoms with van der Waals surface area (Å²) in [5.41, 5.74) is 4.57. The van der Waals surface area contributed by atoms with Gasteiger partial charge in [-0.1, -0.05) is 30.3 Å². The number of rotatable bonds is 6. The van der Waals surface area contributed by atoms with Crippen LogP contribution in [0.1, 0.15) is 5.56 Å². The number of nitrogens with zero attached hydrogens (tertiary/aromatic N) is 4. The Morgan fingerprint density at radius 3 is 2.24 bits per heavy atom. The summed E-state index contributed by atoms with van der Waals surface area (Å²) >= 11 is 0. The van der Waals surface area contributed by atoms with Gasteiger partial charge < -0.3 is 9.47 Å². The summed E-state index contributed by atoms with van der Waals surface area (Å²) in [5.74, 6) is -0.399. The van der Waals surface area contributed by atoms with Crippen LogP contribution in [0.3, 0.4) is 0 Å². The van der Waals surface area contributed by atoms with Gasteiger partial charge in [0, 0.05) is 36.5 Å². The normalized spacial score (nSPS) is 11.2. The van der Waals surface area contributed by atoms with Crippen LogP contribution in [0, 0.1) is 10.1 Å². The Hall–Kier alpha value is -4.53. The van der Waals surface area contributed by atoms with Gasteiger partial charge >= 0.3 is 0 Å². The molecule has 1 aromatic heterocycles. The van der Waals surface area contributed by atoms with E-state index in [-0.39, 0.29) is 17.7 Å². The maximum absolute atomic E-state index is 12.8. The van der Waals surface area contributed by atoms with Gasteiger partial charge in [0.1, 0.15) is 12.2 Å². The summed E-state index contributed by atoms with van der Waals surface area (Å²) in [6, 6.07) is 19.0. The molecule has 0 aliphatic carbocycles. The zero-order valence-corrected chi connectivity index (χ0v) is 18.1. The second-order valence-corrected chi connectivity index (χ2v) is 7.64. The van der Waals surface area contributed by atoms with Crippen molar-refractivity contribution in [3.05, 3.63) is 92.6 Å². The van der Waals surface area contributed by atoms with Crippen LogP contribution < -0.4 is 15.8 Å². The molecule has 4 aromatic rings. The molecule has 166 valence electrons. The van der Waals surface area contributed by atoms with Crippen molar-refractivity contribution in [3.63, 3.8) is 0 Å². The fourth-order valence-electron chi connectivity index (χ4n) is 3.75. The summed E-state index contributed by atoms with van der Waals surface area (Å²) < 4.78 is 1.77. The summed E-state index contributed by atoms with van der Waals surface area (Å²) in [6.45, 7) is -0.0572. The Labute approximate surface area is 188 Å². The first-order valence-corrected chi connectivity index (χ1v) is 10.1. The van der Waals surface area contributed by atoms with E-state index in [4.69, 9.17) is 0 Å². The number of amides is 1. The first-order valence-electron chi connectivity index (χ1n) is 10.1. The molecule has 0 saturated heterocycles. The van der Waals surface area contributed by atoms with Crippen LogP contribution in [-0.4, -0.2) is 35.7 Å². The maximum atomic E-state index is 12.8. The van der Waals surface area contributed by atoms with Crippen LogP contribution in [0.25, 0.3) is 21.8 Å². The Kier molecular flexibility index (Phi) is 5.86. The monoisotopic (exact) mass is 443 g/mol. The maximum Gasteiger partial charge on any atom is 0.293 e. The highest BCUT2D eigenvalue weighted by molar-refractivity contribution is 5.95. The highest BCUT2D eigenvalue weighted by atomic mass is 16.6. The van der Waals surface area contributed by atoms with Crippen LogP contribution in [0.15, 0.2) is 76.6 Å². The number of hydrogen-bond donors (Lipinski definition) is 1. The Balaban J connectivity index is 1.60. The van der Waals surface area contributed by atoms with Gasteiger partial charge in [0.15, 0.2) is 5.43 Å². The van der Waals surface area contributed by atoms with Gasteiger partial charge in [0.05, 0.1) is 22.2 Å². The number of carbonyl (C=O) groups is 1. The largest absolute Gasteiger partial charge is 0.372 e. The van der Waals surface area contributed by atoms with Gasteiger partial charge in [-0.3, -0.25) is 19.7 Å². The number of nitro benzene ring substituents is 1. The lowest BCUT2D eigenvalue weighted by Gasteiger charge is -2.14. The molecule has 3 aromatic carbocycles.